The summed E-state index contributed by atoms with van der Waals surface area (Å²) < 4.78 is 25.6. The minimum Gasteiger partial charge on any atom is -0.755 e. The molecule has 0 saturated heterocycles. The van der Waals surface area contributed by atoms with Gasteiger partial charge >= 0.3 is 5.97 Å². The van der Waals surface area contributed by atoms with E-state index in [1.54, 1.807) is 18.2 Å². The van der Waals surface area contributed by atoms with Gasteiger partial charge in [-0.2, -0.15) is 0 Å². The van der Waals surface area contributed by atoms with Crippen LogP contribution in [0.2, 0.25) is 0 Å². The van der Waals surface area contributed by atoms with Crippen molar-refractivity contribution >= 4 is 67.1 Å². The largest absolute Gasteiger partial charge is 0.755 e. The number of carboxylic acids is 1. The number of phenols is 1. The monoisotopic (exact) mass is 496 g/mol. The fourth-order valence-electron chi connectivity index (χ4n) is 1.78. The number of carbonyl (C=O) groups is 1. The highest BCUT2D eigenvalue weighted by atomic mass is 127. The molecule has 116 valence electrons. The van der Waals surface area contributed by atoms with E-state index in [0.29, 0.717) is 10.2 Å². The Bertz CT molecular complexity index is 770. The number of halogens is 2. The molecule has 9 heteroatoms. The zero-order valence-electron chi connectivity index (χ0n) is 10.7. The highest BCUT2D eigenvalue weighted by Crippen LogP contribution is 2.36. The SMILES string of the molecule is O=C(O)c1ccc(N(c2ccc(I)cc2Br)S(=O)[O-])cc1O. The predicted octanol–water partition coefficient (Wildman–Crippen LogP) is 3.39. The lowest BCUT2D eigenvalue weighted by molar-refractivity contribution is 0.0694. The summed E-state index contributed by atoms with van der Waals surface area (Å²) >= 11 is 2.72. The number of benzene rings is 2. The van der Waals surface area contributed by atoms with Crippen LogP contribution in [0.4, 0.5) is 11.4 Å². The third-order valence-corrected chi connectivity index (χ3v) is 4.74. The summed E-state index contributed by atoms with van der Waals surface area (Å²) in [4.78, 5) is 10.9. The van der Waals surface area contributed by atoms with Gasteiger partial charge in [-0.1, -0.05) is 0 Å². The van der Waals surface area contributed by atoms with E-state index in [1.165, 1.54) is 6.07 Å². The van der Waals surface area contributed by atoms with Crippen LogP contribution in [-0.2, 0) is 11.3 Å². The van der Waals surface area contributed by atoms with E-state index >= 15 is 0 Å². The number of anilines is 2. The molecular weight excluding hydrogens is 489 g/mol. The molecule has 2 aromatic rings. The van der Waals surface area contributed by atoms with Crippen molar-refractivity contribution < 1.29 is 23.8 Å². The van der Waals surface area contributed by atoms with E-state index in [2.05, 4.69) is 38.5 Å². The summed E-state index contributed by atoms with van der Waals surface area (Å²) in [6, 6.07) is 8.61. The molecule has 0 aliphatic heterocycles. The van der Waals surface area contributed by atoms with E-state index in [9.17, 15) is 18.7 Å². The van der Waals surface area contributed by atoms with E-state index in [1.807, 2.05) is 0 Å². The second-order valence-corrected chi connectivity index (χ2v) is 7.01. The van der Waals surface area contributed by atoms with Crippen LogP contribution in [0.15, 0.2) is 40.9 Å². The molecule has 0 amide bonds. The van der Waals surface area contributed by atoms with Crippen molar-refractivity contribution in [1.82, 2.24) is 0 Å². The van der Waals surface area contributed by atoms with Crippen molar-refractivity contribution in [2.24, 2.45) is 0 Å². The van der Waals surface area contributed by atoms with Crippen molar-refractivity contribution in [2.45, 2.75) is 0 Å². The molecule has 22 heavy (non-hydrogen) atoms. The van der Waals surface area contributed by atoms with Gasteiger partial charge in [-0.15, -0.1) is 0 Å². The van der Waals surface area contributed by atoms with Gasteiger partial charge in [0.2, 0.25) is 0 Å². The molecule has 0 bridgehead atoms. The Hall–Kier alpha value is -1.17. The second kappa shape index (κ2) is 6.94. The third-order valence-electron chi connectivity index (χ3n) is 2.72. The molecule has 0 fully saturated rings. The van der Waals surface area contributed by atoms with Gasteiger partial charge in [-0.3, -0.25) is 8.51 Å². The molecule has 0 aliphatic rings. The maximum absolute atomic E-state index is 11.6. The standard InChI is InChI=1S/C13H9BrINO5S/c14-10-5-7(15)1-4-11(10)16(22(20)21)8-2-3-9(13(18)19)12(17)6-8/h1-6,17H,(H,18,19)(H,20,21)/p-1. The molecule has 1 unspecified atom stereocenters. The van der Waals surface area contributed by atoms with Crippen molar-refractivity contribution in [3.63, 3.8) is 0 Å². The number of aromatic hydroxyl groups is 1. The Kier molecular flexibility index (Phi) is 5.42. The molecule has 2 rings (SSSR count). The van der Waals surface area contributed by atoms with Gasteiger partial charge in [0.05, 0.1) is 22.6 Å². The van der Waals surface area contributed by atoms with Crippen LogP contribution in [0.5, 0.6) is 5.75 Å². The molecule has 2 N–H and O–H groups in total. The lowest BCUT2D eigenvalue weighted by Gasteiger charge is -2.27. The van der Waals surface area contributed by atoms with Gasteiger partial charge in [0, 0.05) is 14.1 Å². The lowest BCUT2D eigenvalue weighted by atomic mass is 10.2. The minimum atomic E-state index is -2.66. The van der Waals surface area contributed by atoms with Crippen LogP contribution in [0.1, 0.15) is 10.4 Å². The number of rotatable bonds is 4. The second-order valence-electron chi connectivity index (χ2n) is 4.11. The number of aromatic carboxylic acids is 1. The summed E-state index contributed by atoms with van der Waals surface area (Å²) in [5, 5.41) is 18.6. The number of carboxylic acid groups (broad SMARTS) is 1. The van der Waals surface area contributed by atoms with Crippen LogP contribution in [-0.4, -0.2) is 24.9 Å². The maximum atomic E-state index is 11.6. The fraction of sp³-hybridized carbons (Fsp3) is 0. The first-order valence-corrected chi connectivity index (χ1v) is 8.62. The highest BCUT2D eigenvalue weighted by molar-refractivity contribution is 14.1. The summed E-state index contributed by atoms with van der Waals surface area (Å²) in [5.74, 6) is -1.81. The van der Waals surface area contributed by atoms with Crippen LogP contribution in [0, 0.1) is 3.57 Å². The Morgan fingerprint density at radius 2 is 1.95 bits per heavy atom. The van der Waals surface area contributed by atoms with Crippen molar-refractivity contribution in [2.75, 3.05) is 4.31 Å². The summed E-state index contributed by atoms with van der Waals surface area (Å²) in [7, 11) is 0. The predicted molar refractivity (Wildman–Crippen MR) is 93.0 cm³/mol. The van der Waals surface area contributed by atoms with Crippen LogP contribution in [0.3, 0.4) is 0 Å². The zero-order valence-corrected chi connectivity index (χ0v) is 15.3. The van der Waals surface area contributed by atoms with Gasteiger partial charge in [0.15, 0.2) is 0 Å². The van der Waals surface area contributed by atoms with Gasteiger partial charge < -0.3 is 14.8 Å². The van der Waals surface area contributed by atoms with Gasteiger partial charge in [0.1, 0.15) is 11.3 Å². The number of hydrogen-bond acceptors (Lipinski definition) is 4. The first-order chi connectivity index (χ1) is 10.3. The van der Waals surface area contributed by atoms with E-state index in [0.717, 1.165) is 20.0 Å². The quantitative estimate of drug-likeness (QED) is 0.499. The first kappa shape index (κ1) is 17.2. The average Bonchev–Trinajstić information content (AvgIpc) is 2.41. The normalized spacial score (nSPS) is 12.0. The van der Waals surface area contributed by atoms with E-state index in [-0.39, 0.29) is 11.3 Å². The Balaban J connectivity index is 2.56. The molecule has 2 aromatic carbocycles. The van der Waals surface area contributed by atoms with Gasteiger partial charge in [0.25, 0.3) is 0 Å². The molecule has 0 spiro atoms. The Morgan fingerprint density at radius 1 is 1.27 bits per heavy atom. The molecule has 0 heterocycles. The summed E-state index contributed by atoms with van der Waals surface area (Å²) in [5.41, 5.74) is 0.163. The van der Waals surface area contributed by atoms with Gasteiger partial charge in [-0.25, -0.2) is 4.79 Å². The van der Waals surface area contributed by atoms with Crippen molar-refractivity contribution in [1.29, 1.82) is 0 Å². The highest BCUT2D eigenvalue weighted by Gasteiger charge is 2.17. The summed E-state index contributed by atoms with van der Waals surface area (Å²) in [6.07, 6.45) is 0. The molecule has 0 aromatic heterocycles. The maximum Gasteiger partial charge on any atom is 0.339 e. The Morgan fingerprint density at radius 3 is 2.45 bits per heavy atom. The Labute approximate surface area is 150 Å². The average molecular weight is 497 g/mol. The van der Waals surface area contributed by atoms with Crippen LogP contribution >= 0.6 is 38.5 Å². The minimum absolute atomic E-state index is 0.123. The number of nitrogens with zero attached hydrogens (tertiary/aromatic N) is 1. The first-order valence-electron chi connectivity index (χ1n) is 5.72. The molecular formula is C13H8BrINO5S-. The van der Waals surface area contributed by atoms with E-state index in [4.69, 9.17) is 5.11 Å². The van der Waals surface area contributed by atoms with Crippen molar-refractivity contribution in [3.8, 4) is 5.75 Å². The van der Waals surface area contributed by atoms with E-state index < -0.39 is 23.0 Å². The van der Waals surface area contributed by atoms with Crippen LogP contribution in [0.25, 0.3) is 0 Å². The molecule has 6 nitrogen and oxygen atoms in total. The molecule has 0 saturated carbocycles. The topological polar surface area (TPSA) is 101 Å². The lowest BCUT2D eigenvalue weighted by Crippen LogP contribution is -2.20. The number of hydrogen-bond donors (Lipinski definition) is 2. The summed E-state index contributed by atoms with van der Waals surface area (Å²) in [6.45, 7) is 0. The third kappa shape index (κ3) is 3.59. The molecule has 1 atom stereocenters. The smallest absolute Gasteiger partial charge is 0.339 e. The molecule has 0 aliphatic carbocycles. The van der Waals surface area contributed by atoms with Crippen LogP contribution < -0.4 is 4.31 Å². The molecule has 0 radical (unpaired) electrons. The zero-order chi connectivity index (χ0) is 16.4. The fourth-order valence-corrected chi connectivity index (χ4v) is 3.98. The van der Waals surface area contributed by atoms with Crippen molar-refractivity contribution in [3.05, 3.63) is 50.0 Å². The van der Waals surface area contributed by atoms with Gasteiger partial charge in [-0.05, 0) is 68.9 Å².